The van der Waals surface area contributed by atoms with Gasteiger partial charge in [-0.15, -0.1) is 0 Å². The van der Waals surface area contributed by atoms with Gasteiger partial charge in [0.15, 0.2) is 0 Å². The van der Waals surface area contributed by atoms with Gasteiger partial charge in [-0.2, -0.15) is 5.26 Å². The molecule has 0 saturated heterocycles. The molecule has 3 N–H and O–H groups in total. The minimum atomic E-state index is 0.326. The normalized spacial score (nSPS) is 23.4. The number of pyridine rings is 2. The van der Waals surface area contributed by atoms with Crippen molar-refractivity contribution in [3.63, 3.8) is 0 Å². The molecule has 0 aliphatic heterocycles. The number of hydrogen-bond acceptors (Lipinski definition) is 4. The number of aromatic nitrogens is 2. The van der Waals surface area contributed by atoms with Gasteiger partial charge in [-0.05, 0) is 86.6 Å². The summed E-state index contributed by atoms with van der Waals surface area (Å²) in [4.78, 5) is 10.0. The van der Waals surface area contributed by atoms with Crippen LogP contribution in [0.3, 0.4) is 0 Å². The van der Waals surface area contributed by atoms with E-state index in [9.17, 15) is 0 Å². The van der Waals surface area contributed by atoms with E-state index >= 15 is 0 Å². The van der Waals surface area contributed by atoms with Crippen LogP contribution in [-0.2, 0) is 0 Å². The predicted molar refractivity (Wildman–Crippen MR) is 138 cm³/mol. The van der Waals surface area contributed by atoms with Crippen LogP contribution in [0.25, 0.3) is 10.9 Å². The molecule has 0 radical (unpaired) electrons. The number of aryl methyl sites for hydroxylation is 1. The van der Waals surface area contributed by atoms with Gasteiger partial charge in [0.2, 0.25) is 0 Å². The molecule has 4 nitrogen and oxygen atoms in total. The zero-order valence-electron chi connectivity index (χ0n) is 20.3. The molecule has 2 aliphatic carbocycles. The van der Waals surface area contributed by atoms with Gasteiger partial charge < -0.3 is 5.73 Å². The van der Waals surface area contributed by atoms with Gasteiger partial charge >= 0.3 is 0 Å². The first-order chi connectivity index (χ1) is 16.1. The number of rotatable bonds is 3. The van der Waals surface area contributed by atoms with Gasteiger partial charge in [0.05, 0.1) is 11.6 Å². The van der Waals surface area contributed by atoms with Crippen molar-refractivity contribution in [1.82, 2.24) is 9.97 Å². The van der Waals surface area contributed by atoms with Crippen LogP contribution >= 0.6 is 11.8 Å². The maximum absolute atomic E-state index is 8.98. The summed E-state index contributed by atoms with van der Waals surface area (Å²) in [6.07, 6.45) is 13.0. The smallest absolute Gasteiger partial charge is 0.125 e. The van der Waals surface area contributed by atoms with Crippen molar-refractivity contribution in [2.24, 2.45) is 11.3 Å². The van der Waals surface area contributed by atoms with Crippen molar-refractivity contribution in [1.29, 1.82) is 5.26 Å². The van der Waals surface area contributed by atoms with E-state index in [0.29, 0.717) is 17.3 Å². The van der Waals surface area contributed by atoms with Crippen molar-refractivity contribution in [3.05, 3.63) is 66.1 Å². The lowest BCUT2D eigenvalue weighted by Crippen LogP contribution is -2.48. The van der Waals surface area contributed by atoms with Crippen molar-refractivity contribution < 1.29 is 5.73 Å². The Balaban J connectivity index is 0.000000216. The Morgan fingerprint density at radius 2 is 1.76 bits per heavy atom. The van der Waals surface area contributed by atoms with Crippen molar-refractivity contribution >= 4 is 22.7 Å². The van der Waals surface area contributed by atoms with Gasteiger partial charge in [-0.1, -0.05) is 43.3 Å². The van der Waals surface area contributed by atoms with Gasteiger partial charge in [0, 0.05) is 34.8 Å². The van der Waals surface area contributed by atoms with Crippen LogP contribution in [0, 0.1) is 29.6 Å². The number of fused-ring (bicyclic) bond motifs is 1. The van der Waals surface area contributed by atoms with Gasteiger partial charge in [-0.3, -0.25) is 9.97 Å². The molecule has 0 atom stereocenters. The summed E-state index contributed by atoms with van der Waals surface area (Å²) in [7, 11) is 0. The standard InChI is InChI=1S/C18H19N3.C8H11NS.C2H6/c19-11-13-9-18(10-13)5-1-14(2-6-18)15-3-8-21-17-4-7-20-12-16(15)17;1-7-2-4-8(5-3-7)10-6-9;1-2/h3-4,7-8,12-14H,1-2,5-6,9-10H2;2-5H,6,9H2,1H3;1-2H3/p+1. The Morgan fingerprint density at radius 1 is 1.06 bits per heavy atom. The van der Waals surface area contributed by atoms with Crippen LogP contribution in [0.2, 0.25) is 0 Å². The zero-order chi connectivity index (χ0) is 23.7. The van der Waals surface area contributed by atoms with E-state index in [4.69, 9.17) is 5.26 Å². The lowest BCUT2D eigenvalue weighted by atomic mass is 9.54. The van der Waals surface area contributed by atoms with Crippen LogP contribution in [-0.4, -0.2) is 15.8 Å². The topological polar surface area (TPSA) is 77.2 Å². The Labute approximate surface area is 203 Å². The summed E-state index contributed by atoms with van der Waals surface area (Å²) < 4.78 is 0. The second kappa shape index (κ2) is 12.2. The molecule has 2 fully saturated rings. The number of nitriles is 1. The number of thioether (sulfide) groups is 1. The van der Waals surface area contributed by atoms with Crippen molar-refractivity contribution in [2.45, 2.75) is 70.1 Å². The second-order valence-electron chi connectivity index (χ2n) is 8.96. The highest BCUT2D eigenvalue weighted by molar-refractivity contribution is 7.99. The lowest BCUT2D eigenvalue weighted by Gasteiger charge is -2.49. The summed E-state index contributed by atoms with van der Waals surface area (Å²) in [6, 6.07) is 15.1. The van der Waals surface area contributed by atoms with Crippen LogP contribution in [0.4, 0.5) is 0 Å². The molecule has 2 saturated carbocycles. The van der Waals surface area contributed by atoms with E-state index in [0.717, 1.165) is 24.2 Å². The summed E-state index contributed by atoms with van der Waals surface area (Å²) >= 11 is 1.77. The minimum absolute atomic E-state index is 0.326. The number of quaternary nitrogens is 1. The fraction of sp³-hybridized carbons (Fsp3) is 0.464. The molecule has 2 heterocycles. The summed E-state index contributed by atoms with van der Waals surface area (Å²) in [5.41, 5.74) is 8.05. The fourth-order valence-corrected chi connectivity index (χ4v) is 5.71. The van der Waals surface area contributed by atoms with E-state index in [-0.39, 0.29) is 0 Å². The third-order valence-corrected chi connectivity index (χ3v) is 7.70. The quantitative estimate of drug-likeness (QED) is 0.356. The SMILES string of the molecule is CC.Cc1ccc(SC[NH3+])cc1.N#CC1CC2(CCC(c3ccnc4ccncc34)CC2)C1. The van der Waals surface area contributed by atoms with E-state index in [2.05, 4.69) is 59.0 Å². The molecule has 2 aliphatic rings. The van der Waals surface area contributed by atoms with E-state index in [1.165, 1.54) is 47.1 Å². The predicted octanol–water partition coefficient (Wildman–Crippen LogP) is 6.52. The first kappa shape index (κ1) is 25.2. The van der Waals surface area contributed by atoms with E-state index in [1.54, 1.807) is 11.8 Å². The maximum Gasteiger partial charge on any atom is 0.125 e. The molecule has 33 heavy (non-hydrogen) atoms. The van der Waals surface area contributed by atoms with E-state index < -0.39 is 0 Å². The highest BCUT2D eigenvalue weighted by Gasteiger charge is 2.46. The molecule has 5 heteroatoms. The summed E-state index contributed by atoms with van der Waals surface area (Å²) in [5.74, 6) is 1.86. The van der Waals surface area contributed by atoms with Crippen LogP contribution in [0.15, 0.2) is 59.9 Å². The Hall–Kier alpha value is -2.42. The third-order valence-electron chi connectivity index (χ3n) is 6.89. The van der Waals surface area contributed by atoms with Gasteiger partial charge in [0.1, 0.15) is 5.88 Å². The first-order valence-corrected chi connectivity index (χ1v) is 13.2. The third kappa shape index (κ3) is 6.34. The van der Waals surface area contributed by atoms with Gasteiger partial charge in [-0.25, -0.2) is 0 Å². The summed E-state index contributed by atoms with van der Waals surface area (Å²) in [6.45, 7) is 6.10. The minimum Gasteiger partial charge on any atom is -0.349 e. The largest absolute Gasteiger partial charge is 0.349 e. The molecule has 3 aromatic rings. The Kier molecular flexibility index (Phi) is 9.29. The van der Waals surface area contributed by atoms with Crippen LogP contribution in [0.5, 0.6) is 0 Å². The Bertz CT molecular complexity index is 1040. The summed E-state index contributed by atoms with van der Waals surface area (Å²) in [5, 5.41) is 10.2. The van der Waals surface area contributed by atoms with Crippen LogP contribution < -0.4 is 5.73 Å². The van der Waals surface area contributed by atoms with Crippen molar-refractivity contribution in [3.8, 4) is 6.07 Å². The van der Waals surface area contributed by atoms with E-state index in [1.807, 2.05) is 38.5 Å². The molecule has 2 aromatic heterocycles. The monoisotopic (exact) mass is 461 g/mol. The highest BCUT2D eigenvalue weighted by Crippen LogP contribution is 2.57. The Morgan fingerprint density at radius 3 is 2.39 bits per heavy atom. The number of benzene rings is 1. The average molecular weight is 462 g/mol. The molecular formula is C28H37N4S+. The second-order valence-corrected chi connectivity index (χ2v) is 10.1. The molecule has 0 unspecified atom stereocenters. The molecule has 0 bridgehead atoms. The molecule has 174 valence electrons. The maximum atomic E-state index is 8.98. The number of nitrogens with zero attached hydrogens (tertiary/aromatic N) is 3. The molecular weight excluding hydrogens is 424 g/mol. The molecule has 0 amide bonds. The molecule has 1 aromatic carbocycles. The van der Waals surface area contributed by atoms with Crippen molar-refractivity contribution in [2.75, 3.05) is 5.88 Å². The first-order valence-electron chi connectivity index (χ1n) is 12.2. The highest BCUT2D eigenvalue weighted by atomic mass is 32.2. The number of hydrogen-bond donors (Lipinski definition) is 1. The van der Waals surface area contributed by atoms with Crippen LogP contribution in [0.1, 0.15) is 69.4 Å². The lowest BCUT2D eigenvalue weighted by molar-refractivity contribution is -0.338. The molecule has 1 spiro atoms. The van der Waals surface area contributed by atoms with Gasteiger partial charge in [0.25, 0.3) is 0 Å². The molecule has 5 rings (SSSR count). The zero-order valence-corrected chi connectivity index (χ0v) is 21.1. The fourth-order valence-electron chi connectivity index (χ4n) is 5.14. The average Bonchev–Trinajstić information content (AvgIpc) is 2.85.